The minimum atomic E-state index is 1.13. The highest BCUT2D eigenvalue weighted by atomic mass is 15.1. The summed E-state index contributed by atoms with van der Waals surface area (Å²) >= 11 is 0. The molecule has 0 aliphatic heterocycles. The van der Waals surface area contributed by atoms with Gasteiger partial charge in [-0.15, -0.1) is 0 Å². The number of aryl methyl sites for hydroxylation is 4. The van der Waals surface area contributed by atoms with Crippen molar-refractivity contribution < 1.29 is 0 Å². The fraction of sp³-hybridized carbons (Fsp3) is 0.0714. The van der Waals surface area contributed by atoms with Crippen molar-refractivity contribution in [3.05, 3.63) is 228 Å². The normalized spacial score (nSPS) is 11.4. The highest BCUT2D eigenvalue weighted by Gasteiger charge is 2.15. The summed E-state index contributed by atoms with van der Waals surface area (Å²) < 4.78 is 0. The summed E-state index contributed by atoms with van der Waals surface area (Å²) in [5.74, 6) is 0. The number of hydrogen-bond acceptors (Lipinski definition) is 2. The zero-order valence-corrected chi connectivity index (χ0v) is 33.5. The van der Waals surface area contributed by atoms with E-state index in [9.17, 15) is 0 Å². The third-order valence-corrected chi connectivity index (χ3v) is 11.1. The number of nitrogens with zero attached hydrogens (tertiary/aromatic N) is 2. The lowest BCUT2D eigenvalue weighted by atomic mass is 9.95. The molecule has 9 aromatic carbocycles. The first-order chi connectivity index (χ1) is 28.4. The molecular formula is C56H46N2. The van der Waals surface area contributed by atoms with Gasteiger partial charge in [0.1, 0.15) is 0 Å². The summed E-state index contributed by atoms with van der Waals surface area (Å²) in [6.07, 6.45) is 4.49. The van der Waals surface area contributed by atoms with Crippen molar-refractivity contribution in [2.75, 3.05) is 9.80 Å². The predicted octanol–water partition coefficient (Wildman–Crippen LogP) is 16.0. The molecule has 0 N–H and O–H groups in total. The predicted molar refractivity (Wildman–Crippen MR) is 251 cm³/mol. The molecule has 0 saturated heterocycles. The molecule has 0 bridgehead atoms. The van der Waals surface area contributed by atoms with Crippen LogP contribution in [-0.4, -0.2) is 0 Å². The van der Waals surface area contributed by atoms with Gasteiger partial charge in [0.25, 0.3) is 0 Å². The van der Waals surface area contributed by atoms with Crippen LogP contribution in [0.15, 0.2) is 194 Å². The molecule has 0 radical (unpaired) electrons. The maximum Gasteiger partial charge on any atom is 0.0468 e. The van der Waals surface area contributed by atoms with Gasteiger partial charge in [-0.25, -0.2) is 0 Å². The highest BCUT2D eigenvalue weighted by molar-refractivity contribution is 6.02. The van der Waals surface area contributed by atoms with Gasteiger partial charge < -0.3 is 9.80 Å². The monoisotopic (exact) mass is 746 g/mol. The zero-order chi connectivity index (χ0) is 39.6. The Morgan fingerprint density at radius 1 is 0.328 bits per heavy atom. The molecule has 0 heterocycles. The Bertz CT molecular complexity index is 2790. The third kappa shape index (κ3) is 7.53. The summed E-state index contributed by atoms with van der Waals surface area (Å²) in [4.78, 5) is 4.66. The number of benzene rings is 9. The average Bonchev–Trinajstić information content (AvgIpc) is 3.26. The van der Waals surface area contributed by atoms with E-state index in [0.717, 1.165) is 34.1 Å². The van der Waals surface area contributed by atoms with E-state index < -0.39 is 0 Å². The van der Waals surface area contributed by atoms with Gasteiger partial charge in [-0.2, -0.15) is 0 Å². The average molecular weight is 747 g/mol. The van der Waals surface area contributed by atoms with E-state index >= 15 is 0 Å². The smallest absolute Gasteiger partial charge is 0.0468 e. The van der Waals surface area contributed by atoms with Gasteiger partial charge >= 0.3 is 0 Å². The maximum absolute atomic E-state index is 2.33. The van der Waals surface area contributed by atoms with E-state index in [0.29, 0.717) is 0 Å². The van der Waals surface area contributed by atoms with Gasteiger partial charge in [0.2, 0.25) is 0 Å². The molecule has 2 nitrogen and oxygen atoms in total. The second-order valence-electron chi connectivity index (χ2n) is 15.4. The van der Waals surface area contributed by atoms with Crippen molar-refractivity contribution >= 4 is 67.8 Å². The van der Waals surface area contributed by atoms with Crippen LogP contribution in [0.2, 0.25) is 0 Å². The molecule has 0 unspecified atom stereocenters. The van der Waals surface area contributed by atoms with E-state index in [1.807, 2.05) is 0 Å². The highest BCUT2D eigenvalue weighted by Crippen LogP contribution is 2.39. The summed E-state index contributed by atoms with van der Waals surface area (Å²) in [6, 6.07) is 70.8. The van der Waals surface area contributed by atoms with Crippen molar-refractivity contribution in [3.63, 3.8) is 0 Å². The number of rotatable bonds is 9. The Morgan fingerprint density at radius 3 is 1.28 bits per heavy atom. The lowest BCUT2D eigenvalue weighted by Crippen LogP contribution is -2.09. The lowest BCUT2D eigenvalue weighted by molar-refractivity contribution is 1.27. The summed E-state index contributed by atoms with van der Waals surface area (Å²) in [7, 11) is 0. The Balaban J connectivity index is 0.998. The van der Waals surface area contributed by atoms with Crippen molar-refractivity contribution in [2.45, 2.75) is 27.7 Å². The van der Waals surface area contributed by atoms with Crippen LogP contribution in [0.4, 0.5) is 34.1 Å². The summed E-state index contributed by atoms with van der Waals surface area (Å²) in [5, 5.41) is 4.90. The van der Waals surface area contributed by atoms with Gasteiger partial charge in [0.05, 0.1) is 0 Å². The SMILES string of the molecule is Cc1ccc(N(c2ccc(C)cc2)c2ccc(-c3cccc4c(C=Cc5ccc6cc(N(c7ccc(C)cc7)c7ccc(C)cc7)ccc6c5)cccc34)cc2)cc1. The Labute approximate surface area is 342 Å². The molecular weight excluding hydrogens is 701 g/mol. The molecule has 0 amide bonds. The molecule has 0 saturated carbocycles. The molecule has 0 spiro atoms. The van der Waals surface area contributed by atoms with E-state index in [2.05, 4.69) is 244 Å². The largest absolute Gasteiger partial charge is 0.311 e. The first kappa shape index (κ1) is 36.5. The molecule has 280 valence electrons. The fourth-order valence-corrected chi connectivity index (χ4v) is 7.87. The van der Waals surface area contributed by atoms with E-state index in [1.165, 1.54) is 66.1 Å². The summed E-state index contributed by atoms with van der Waals surface area (Å²) in [6.45, 7) is 8.53. The fourth-order valence-electron chi connectivity index (χ4n) is 7.87. The van der Waals surface area contributed by atoms with Crippen LogP contribution in [0.25, 0.3) is 44.8 Å². The van der Waals surface area contributed by atoms with Crippen molar-refractivity contribution in [1.82, 2.24) is 0 Å². The molecule has 0 fully saturated rings. The quantitative estimate of drug-likeness (QED) is 0.136. The van der Waals surface area contributed by atoms with Gasteiger partial charge in [-0.1, -0.05) is 150 Å². The molecule has 58 heavy (non-hydrogen) atoms. The molecule has 9 aromatic rings. The zero-order valence-electron chi connectivity index (χ0n) is 33.5. The second kappa shape index (κ2) is 15.8. The van der Waals surface area contributed by atoms with Gasteiger partial charge in [-0.3, -0.25) is 0 Å². The lowest BCUT2D eigenvalue weighted by Gasteiger charge is -2.26. The van der Waals surface area contributed by atoms with Crippen LogP contribution in [0, 0.1) is 27.7 Å². The van der Waals surface area contributed by atoms with Gasteiger partial charge in [0, 0.05) is 34.1 Å². The molecule has 2 heteroatoms. The van der Waals surface area contributed by atoms with Crippen LogP contribution >= 0.6 is 0 Å². The Morgan fingerprint density at radius 2 is 0.741 bits per heavy atom. The minimum absolute atomic E-state index is 1.13. The van der Waals surface area contributed by atoms with Crippen molar-refractivity contribution in [3.8, 4) is 11.1 Å². The molecule has 0 aliphatic carbocycles. The van der Waals surface area contributed by atoms with Gasteiger partial charge in [0.15, 0.2) is 0 Å². The van der Waals surface area contributed by atoms with Gasteiger partial charge in [-0.05, 0) is 150 Å². The van der Waals surface area contributed by atoms with Crippen molar-refractivity contribution in [1.29, 1.82) is 0 Å². The van der Waals surface area contributed by atoms with E-state index in [1.54, 1.807) is 0 Å². The standard InChI is InChI=1S/C56H46N2/c1-39-11-26-48(27-12-39)57(49-28-13-40(2)14-29-49)52-34-23-45(24-35-52)55-9-6-8-54-44(7-5-10-56(54)55)21-19-43-20-22-47-38-53(36-25-46(47)37-43)58(50-30-15-41(3)16-31-50)51-32-17-42(4)18-33-51/h5-38H,1-4H3. The third-order valence-electron chi connectivity index (χ3n) is 11.1. The first-order valence-electron chi connectivity index (χ1n) is 20.1. The van der Waals surface area contributed by atoms with Crippen molar-refractivity contribution in [2.24, 2.45) is 0 Å². The van der Waals surface area contributed by atoms with E-state index in [-0.39, 0.29) is 0 Å². The first-order valence-corrected chi connectivity index (χ1v) is 20.1. The topological polar surface area (TPSA) is 6.48 Å². The van der Waals surface area contributed by atoms with Crippen LogP contribution in [0.3, 0.4) is 0 Å². The Kier molecular flexibility index (Phi) is 9.91. The van der Waals surface area contributed by atoms with Crippen LogP contribution < -0.4 is 9.80 Å². The number of anilines is 6. The second-order valence-corrected chi connectivity index (χ2v) is 15.4. The van der Waals surface area contributed by atoms with Crippen LogP contribution in [-0.2, 0) is 0 Å². The van der Waals surface area contributed by atoms with Crippen LogP contribution in [0.5, 0.6) is 0 Å². The minimum Gasteiger partial charge on any atom is -0.311 e. The molecule has 9 rings (SSSR count). The van der Waals surface area contributed by atoms with Crippen LogP contribution in [0.1, 0.15) is 33.4 Å². The Hall–Kier alpha value is -7.16. The number of hydrogen-bond donors (Lipinski definition) is 0. The molecule has 0 aliphatic rings. The van der Waals surface area contributed by atoms with E-state index in [4.69, 9.17) is 0 Å². The molecule has 0 atom stereocenters. The maximum atomic E-state index is 2.33. The number of fused-ring (bicyclic) bond motifs is 2. The summed E-state index contributed by atoms with van der Waals surface area (Å²) in [5.41, 5.74) is 16.6. The molecule has 0 aromatic heterocycles.